The van der Waals surface area contributed by atoms with Gasteiger partial charge in [-0.3, -0.25) is 0 Å². The van der Waals surface area contributed by atoms with Gasteiger partial charge >= 0.3 is 5.97 Å². The number of carboxylic acids is 1. The molecule has 0 aromatic carbocycles. The topological polar surface area (TPSA) is 40.5 Å². The molecule has 0 amide bonds. The average Bonchev–Trinajstić information content (AvgIpc) is 1.98. The first kappa shape index (κ1) is 10.8. The van der Waals surface area contributed by atoms with Gasteiger partial charge in [0.05, 0.1) is 5.57 Å². The van der Waals surface area contributed by atoms with E-state index >= 15 is 0 Å². The van der Waals surface area contributed by atoms with E-state index in [1.807, 2.05) is 14.1 Å². The van der Waals surface area contributed by atoms with Crippen molar-refractivity contribution in [3.8, 4) is 0 Å². The van der Waals surface area contributed by atoms with Crippen LogP contribution in [0.25, 0.3) is 0 Å². The number of hydrogen-bond acceptors (Lipinski definition) is 2. The maximum absolute atomic E-state index is 10.6. The minimum absolute atomic E-state index is 0.375. The van der Waals surface area contributed by atoms with Gasteiger partial charge in [-0.25, -0.2) is 4.79 Å². The lowest BCUT2D eigenvalue weighted by molar-refractivity contribution is -0.132. The first-order valence-corrected chi connectivity index (χ1v) is 3.72. The lowest BCUT2D eigenvalue weighted by Crippen LogP contribution is -2.15. The highest BCUT2D eigenvalue weighted by Gasteiger charge is 2.09. The van der Waals surface area contributed by atoms with Gasteiger partial charge in [-0.15, -0.1) is 6.58 Å². The minimum atomic E-state index is -0.874. The summed E-state index contributed by atoms with van der Waals surface area (Å²) in [6.45, 7) is 5.17. The molecule has 0 aliphatic carbocycles. The van der Waals surface area contributed by atoms with Gasteiger partial charge in [0.25, 0.3) is 0 Å². The van der Waals surface area contributed by atoms with Crippen LogP contribution in [0.15, 0.2) is 23.9 Å². The summed E-state index contributed by atoms with van der Waals surface area (Å²) in [5.74, 6) is -0.874. The van der Waals surface area contributed by atoms with Gasteiger partial charge in [0, 0.05) is 26.2 Å². The van der Waals surface area contributed by atoms with E-state index < -0.39 is 5.97 Å². The molecule has 1 N–H and O–H groups in total. The number of aliphatic carboxylic acids is 1. The lowest BCUT2D eigenvalue weighted by Gasteiger charge is -2.17. The molecule has 0 heterocycles. The Morgan fingerprint density at radius 3 is 2.33 bits per heavy atom. The number of hydrogen-bond donors (Lipinski definition) is 1. The van der Waals surface area contributed by atoms with E-state index in [2.05, 4.69) is 6.58 Å². The molecule has 0 atom stereocenters. The third-order valence-electron chi connectivity index (χ3n) is 1.63. The Morgan fingerprint density at radius 1 is 1.58 bits per heavy atom. The lowest BCUT2D eigenvalue weighted by atomic mass is 10.1. The molecule has 0 bridgehead atoms. The third-order valence-corrected chi connectivity index (χ3v) is 1.63. The SMILES string of the molecule is C=CC/C(=C(/C)C(=O)O)N(C)C. The summed E-state index contributed by atoms with van der Waals surface area (Å²) in [5, 5.41) is 8.71. The minimum Gasteiger partial charge on any atom is -0.478 e. The monoisotopic (exact) mass is 169 g/mol. The van der Waals surface area contributed by atoms with E-state index in [0.29, 0.717) is 12.0 Å². The Kier molecular flexibility index (Phi) is 4.11. The summed E-state index contributed by atoms with van der Waals surface area (Å²) in [6.07, 6.45) is 2.28. The second-order valence-corrected chi connectivity index (χ2v) is 2.76. The summed E-state index contributed by atoms with van der Waals surface area (Å²) in [7, 11) is 3.65. The Balaban J connectivity index is 4.79. The Labute approximate surface area is 73.0 Å². The van der Waals surface area contributed by atoms with Gasteiger partial charge in [0.1, 0.15) is 0 Å². The van der Waals surface area contributed by atoms with E-state index in [0.717, 1.165) is 5.70 Å². The van der Waals surface area contributed by atoms with Gasteiger partial charge in [0.15, 0.2) is 0 Å². The van der Waals surface area contributed by atoms with Gasteiger partial charge in [-0.1, -0.05) is 6.08 Å². The van der Waals surface area contributed by atoms with Crippen molar-refractivity contribution in [3.63, 3.8) is 0 Å². The first-order chi connectivity index (χ1) is 5.50. The maximum Gasteiger partial charge on any atom is 0.333 e. The highest BCUT2D eigenvalue weighted by Crippen LogP contribution is 2.11. The molecule has 0 aliphatic rings. The molecular weight excluding hydrogens is 154 g/mol. The molecule has 0 unspecified atom stereocenters. The highest BCUT2D eigenvalue weighted by atomic mass is 16.4. The van der Waals surface area contributed by atoms with E-state index in [1.165, 1.54) is 0 Å². The van der Waals surface area contributed by atoms with Crippen LogP contribution in [0.3, 0.4) is 0 Å². The normalized spacial score (nSPS) is 11.9. The Bertz CT molecular complexity index is 217. The quantitative estimate of drug-likeness (QED) is 0.512. The van der Waals surface area contributed by atoms with Crippen LogP contribution in [0.5, 0.6) is 0 Å². The number of nitrogens with zero attached hydrogens (tertiary/aromatic N) is 1. The summed E-state index contributed by atoms with van der Waals surface area (Å²) < 4.78 is 0. The van der Waals surface area contributed by atoms with Crippen molar-refractivity contribution in [3.05, 3.63) is 23.9 Å². The van der Waals surface area contributed by atoms with Crippen molar-refractivity contribution in [2.45, 2.75) is 13.3 Å². The average molecular weight is 169 g/mol. The predicted octanol–water partition coefficient (Wildman–Crippen LogP) is 1.48. The second-order valence-electron chi connectivity index (χ2n) is 2.76. The van der Waals surface area contributed by atoms with Crippen molar-refractivity contribution >= 4 is 5.97 Å². The number of allylic oxidation sites excluding steroid dienone is 1. The van der Waals surface area contributed by atoms with Crippen LogP contribution in [0.1, 0.15) is 13.3 Å². The van der Waals surface area contributed by atoms with Crippen molar-refractivity contribution in [1.82, 2.24) is 4.90 Å². The fourth-order valence-electron chi connectivity index (χ4n) is 0.931. The van der Waals surface area contributed by atoms with Gasteiger partial charge in [0.2, 0.25) is 0 Å². The molecule has 0 aromatic rings. The fourth-order valence-corrected chi connectivity index (χ4v) is 0.931. The van der Waals surface area contributed by atoms with Crippen molar-refractivity contribution in [2.24, 2.45) is 0 Å². The van der Waals surface area contributed by atoms with Crippen molar-refractivity contribution in [1.29, 1.82) is 0 Å². The zero-order valence-electron chi connectivity index (χ0n) is 7.79. The molecular formula is C9H15NO2. The van der Waals surface area contributed by atoms with E-state index in [9.17, 15) is 4.79 Å². The summed E-state index contributed by atoms with van der Waals surface area (Å²) in [5.41, 5.74) is 1.16. The number of carboxylic acid groups (broad SMARTS) is 1. The van der Waals surface area contributed by atoms with Crippen molar-refractivity contribution in [2.75, 3.05) is 14.1 Å². The summed E-state index contributed by atoms with van der Waals surface area (Å²) in [4.78, 5) is 12.4. The fraction of sp³-hybridized carbons (Fsp3) is 0.444. The highest BCUT2D eigenvalue weighted by molar-refractivity contribution is 5.86. The molecule has 3 nitrogen and oxygen atoms in total. The molecule has 0 saturated heterocycles. The smallest absolute Gasteiger partial charge is 0.333 e. The molecule has 68 valence electrons. The van der Waals surface area contributed by atoms with Crippen LogP contribution in [0, 0.1) is 0 Å². The predicted molar refractivity (Wildman–Crippen MR) is 48.8 cm³/mol. The molecule has 0 aliphatic heterocycles. The molecule has 0 saturated carbocycles. The zero-order valence-corrected chi connectivity index (χ0v) is 7.79. The van der Waals surface area contributed by atoms with E-state index in [-0.39, 0.29) is 0 Å². The van der Waals surface area contributed by atoms with Gasteiger partial charge < -0.3 is 10.0 Å². The molecule has 0 spiro atoms. The van der Waals surface area contributed by atoms with Gasteiger partial charge in [-0.2, -0.15) is 0 Å². The molecule has 0 fully saturated rings. The molecule has 0 aromatic heterocycles. The van der Waals surface area contributed by atoms with Crippen LogP contribution >= 0.6 is 0 Å². The maximum atomic E-state index is 10.6. The molecule has 0 rings (SSSR count). The van der Waals surface area contributed by atoms with Crippen molar-refractivity contribution < 1.29 is 9.90 Å². The molecule has 0 radical (unpaired) electrons. The Hall–Kier alpha value is -1.25. The second kappa shape index (κ2) is 4.59. The number of rotatable bonds is 4. The Morgan fingerprint density at radius 2 is 2.08 bits per heavy atom. The van der Waals surface area contributed by atoms with Crippen LogP contribution in [-0.4, -0.2) is 30.1 Å². The van der Waals surface area contributed by atoms with Crippen LogP contribution in [-0.2, 0) is 4.79 Å². The largest absolute Gasteiger partial charge is 0.478 e. The van der Waals surface area contributed by atoms with Crippen LogP contribution < -0.4 is 0 Å². The molecule has 3 heteroatoms. The third kappa shape index (κ3) is 2.78. The summed E-state index contributed by atoms with van der Waals surface area (Å²) >= 11 is 0. The zero-order chi connectivity index (χ0) is 9.72. The van der Waals surface area contributed by atoms with Crippen LogP contribution in [0.4, 0.5) is 0 Å². The molecule has 12 heavy (non-hydrogen) atoms. The standard InChI is InChI=1S/C9H15NO2/c1-5-6-8(10(3)4)7(2)9(11)12/h5H,1,6H2,2-4H3,(H,11,12)/b8-7+. The number of carbonyl (C=O) groups is 1. The van der Waals surface area contributed by atoms with Crippen LogP contribution in [0.2, 0.25) is 0 Å². The van der Waals surface area contributed by atoms with E-state index in [1.54, 1.807) is 17.9 Å². The van der Waals surface area contributed by atoms with E-state index in [4.69, 9.17) is 5.11 Å². The summed E-state index contributed by atoms with van der Waals surface area (Å²) in [6, 6.07) is 0. The first-order valence-electron chi connectivity index (χ1n) is 3.72. The van der Waals surface area contributed by atoms with Gasteiger partial charge in [-0.05, 0) is 6.92 Å².